The fraction of sp³-hybridized carbons (Fsp3) is 0.0435. The molecule has 3 heteroatoms. The van der Waals surface area contributed by atoms with Gasteiger partial charge in [-0.3, -0.25) is 0 Å². The lowest BCUT2D eigenvalue weighted by molar-refractivity contribution is -0.677. The van der Waals surface area contributed by atoms with E-state index in [4.69, 9.17) is 4.98 Å². The van der Waals surface area contributed by atoms with Crippen LogP contribution in [0.2, 0.25) is 0 Å². The number of hydrogen-bond donors (Lipinski definition) is 0. The summed E-state index contributed by atoms with van der Waals surface area (Å²) >= 11 is 0. The summed E-state index contributed by atoms with van der Waals surface area (Å²) in [5.41, 5.74) is 5.72. The van der Waals surface area contributed by atoms with Crippen LogP contribution < -0.4 is 21.5 Å². The molecule has 0 fully saturated rings. The predicted molar refractivity (Wildman–Crippen MR) is 101 cm³/mol. The van der Waals surface area contributed by atoms with Crippen LogP contribution in [0.1, 0.15) is 5.56 Å². The molecule has 4 aromatic rings. The normalized spacial score (nSPS) is 10.2. The van der Waals surface area contributed by atoms with Crippen LogP contribution >= 0.6 is 0 Å². The molecule has 0 atom stereocenters. The van der Waals surface area contributed by atoms with Gasteiger partial charge in [-0.15, -0.1) is 0 Å². The lowest BCUT2D eigenvalue weighted by Gasteiger charge is -2.09. The van der Waals surface area contributed by atoms with E-state index in [1.54, 1.807) is 0 Å². The zero-order valence-corrected chi connectivity index (χ0v) is 15.9. The van der Waals surface area contributed by atoms with E-state index in [0.29, 0.717) is 0 Å². The van der Waals surface area contributed by atoms with Gasteiger partial charge in [-0.05, 0) is 12.1 Å². The average Bonchev–Trinajstić information content (AvgIpc) is 2.70. The van der Waals surface area contributed by atoms with Crippen LogP contribution in [-0.2, 0) is 6.54 Å². The molecule has 26 heavy (non-hydrogen) atoms. The van der Waals surface area contributed by atoms with Crippen molar-refractivity contribution in [2.75, 3.05) is 0 Å². The van der Waals surface area contributed by atoms with Crippen LogP contribution in [-0.4, -0.2) is 4.98 Å². The van der Waals surface area contributed by atoms with Crippen molar-refractivity contribution >= 4 is 0 Å². The van der Waals surface area contributed by atoms with Crippen molar-refractivity contribution in [3.8, 4) is 22.5 Å². The number of nitrogens with zero attached hydrogens (tertiary/aromatic N) is 2. The smallest absolute Gasteiger partial charge is 0.239 e. The lowest BCUT2D eigenvalue weighted by Crippen LogP contribution is -3.00. The molecule has 0 saturated heterocycles. The molecule has 0 bridgehead atoms. The van der Waals surface area contributed by atoms with Crippen molar-refractivity contribution in [2.45, 2.75) is 6.54 Å². The molecule has 1 aromatic heterocycles. The van der Waals surface area contributed by atoms with Crippen molar-refractivity contribution < 1.29 is 21.5 Å². The molecule has 4 rings (SSSR count). The Hall–Kier alpha value is -2.78. The molecule has 0 aliphatic heterocycles. The van der Waals surface area contributed by atoms with Gasteiger partial charge in [0, 0.05) is 16.7 Å². The maximum atomic E-state index is 4.71. The van der Waals surface area contributed by atoms with Crippen molar-refractivity contribution in [1.82, 2.24) is 4.98 Å². The lowest BCUT2D eigenvalue weighted by atomic mass is 10.0. The molecule has 128 valence electrons. The molecule has 0 N–H and O–H groups in total. The molecule has 0 radical (unpaired) electrons. The number of halogens is 1. The van der Waals surface area contributed by atoms with Crippen LogP contribution in [0.5, 0.6) is 0 Å². The molecule has 3 aromatic carbocycles. The van der Waals surface area contributed by atoms with Gasteiger partial charge >= 0.3 is 0 Å². The predicted octanol–water partition coefficient (Wildman–Crippen LogP) is 1.76. The monoisotopic (exact) mass is 402 g/mol. The van der Waals surface area contributed by atoms with Gasteiger partial charge in [0.25, 0.3) is 0 Å². The quantitative estimate of drug-likeness (QED) is 0.475. The van der Waals surface area contributed by atoms with Gasteiger partial charge in [-0.1, -0.05) is 78.9 Å². The molecule has 0 aliphatic rings. The van der Waals surface area contributed by atoms with Gasteiger partial charge in [0.05, 0.1) is 6.20 Å². The van der Waals surface area contributed by atoms with Crippen molar-refractivity contribution in [2.24, 2.45) is 0 Å². The highest BCUT2D eigenvalue weighted by atomic mass is 79.9. The molecule has 0 unspecified atom stereocenters. The Morgan fingerprint density at radius 2 is 1.19 bits per heavy atom. The van der Waals surface area contributed by atoms with E-state index >= 15 is 0 Å². The van der Waals surface area contributed by atoms with Crippen LogP contribution in [0.25, 0.3) is 22.5 Å². The van der Waals surface area contributed by atoms with Gasteiger partial charge in [0.2, 0.25) is 5.69 Å². The Morgan fingerprint density at radius 3 is 1.81 bits per heavy atom. The molecular weight excluding hydrogens is 384 g/mol. The van der Waals surface area contributed by atoms with E-state index in [1.165, 1.54) is 11.1 Å². The Morgan fingerprint density at radius 1 is 0.654 bits per heavy atom. The first-order chi connectivity index (χ1) is 12.4. The van der Waals surface area contributed by atoms with E-state index in [-0.39, 0.29) is 17.0 Å². The first-order valence-corrected chi connectivity index (χ1v) is 8.45. The van der Waals surface area contributed by atoms with Crippen LogP contribution in [0.4, 0.5) is 0 Å². The largest absolute Gasteiger partial charge is 1.00 e. The first kappa shape index (κ1) is 18.0. The molecule has 0 spiro atoms. The summed E-state index contributed by atoms with van der Waals surface area (Å²) in [5, 5.41) is 0. The highest BCUT2D eigenvalue weighted by molar-refractivity contribution is 5.75. The molecule has 0 saturated carbocycles. The van der Waals surface area contributed by atoms with Gasteiger partial charge in [0.1, 0.15) is 5.69 Å². The third kappa shape index (κ3) is 3.89. The summed E-state index contributed by atoms with van der Waals surface area (Å²) in [7, 11) is 0. The van der Waals surface area contributed by atoms with Crippen LogP contribution in [0.15, 0.2) is 103 Å². The molecule has 0 amide bonds. The molecule has 0 aliphatic carbocycles. The Kier molecular flexibility index (Phi) is 5.92. The molecule has 2 nitrogen and oxygen atoms in total. The van der Waals surface area contributed by atoms with Crippen LogP contribution in [0.3, 0.4) is 0 Å². The van der Waals surface area contributed by atoms with E-state index < -0.39 is 0 Å². The minimum atomic E-state index is 0. The van der Waals surface area contributed by atoms with E-state index in [1.807, 2.05) is 24.4 Å². The third-order valence-corrected chi connectivity index (χ3v) is 4.25. The molecule has 1 heterocycles. The number of benzene rings is 3. The highest BCUT2D eigenvalue weighted by Gasteiger charge is 2.21. The average molecular weight is 403 g/mol. The SMILES string of the molecule is [Br-].c1ccc(C[n+]2ccnc(-c3ccccc3)c2-c2ccccc2)cc1. The standard InChI is InChI=1S/C23H19N2.BrH/c1-4-10-19(11-5-1)18-25-17-16-24-22(20-12-6-2-7-13-20)23(25)21-14-8-3-9-15-21;/h1-17H,18H2;1H/q+1;/p-1. The summed E-state index contributed by atoms with van der Waals surface area (Å²) in [6, 6.07) is 31.4. The van der Waals surface area contributed by atoms with Crippen molar-refractivity contribution in [3.05, 3.63) is 109 Å². The van der Waals surface area contributed by atoms with Gasteiger partial charge in [0.15, 0.2) is 12.7 Å². The highest BCUT2D eigenvalue weighted by Crippen LogP contribution is 2.27. The summed E-state index contributed by atoms with van der Waals surface area (Å²) in [4.78, 5) is 4.71. The van der Waals surface area contributed by atoms with E-state index in [2.05, 4.69) is 83.6 Å². The fourth-order valence-corrected chi connectivity index (χ4v) is 3.08. The van der Waals surface area contributed by atoms with E-state index in [9.17, 15) is 0 Å². The minimum Gasteiger partial charge on any atom is -1.00 e. The Labute approximate surface area is 164 Å². The number of rotatable bonds is 4. The topological polar surface area (TPSA) is 16.8 Å². The first-order valence-electron chi connectivity index (χ1n) is 8.45. The minimum absolute atomic E-state index is 0. The molecular formula is C23H19BrN2. The zero-order chi connectivity index (χ0) is 16.9. The second-order valence-corrected chi connectivity index (χ2v) is 5.97. The van der Waals surface area contributed by atoms with Gasteiger partial charge in [-0.25, -0.2) is 4.98 Å². The van der Waals surface area contributed by atoms with Gasteiger partial charge < -0.3 is 17.0 Å². The number of hydrogen-bond acceptors (Lipinski definition) is 1. The van der Waals surface area contributed by atoms with Gasteiger partial charge in [-0.2, -0.15) is 4.57 Å². The zero-order valence-electron chi connectivity index (χ0n) is 14.3. The second kappa shape index (κ2) is 8.54. The van der Waals surface area contributed by atoms with Crippen molar-refractivity contribution in [1.29, 1.82) is 0 Å². The summed E-state index contributed by atoms with van der Waals surface area (Å²) in [5.74, 6) is 0. The second-order valence-electron chi connectivity index (χ2n) is 5.97. The third-order valence-electron chi connectivity index (χ3n) is 4.25. The Bertz CT molecular complexity index is 955. The summed E-state index contributed by atoms with van der Waals surface area (Å²) < 4.78 is 2.28. The summed E-state index contributed by atoms with van der Waals surface area (Å²) in [6.07, 6.45) is 3.94. The number of aromatic nitrogens is 2. The maximum Gasteiger partial charge on any atom is 0.239 e. The van der Waals surface area contributed by atoms with E-state index in [0.717, 1.165) is 23.5 Å². The Balaban J connectivity index is 0.00000196. The maximum absolute atomic E-state index is 4.71. The fourth-order valence-electron chi connectivity index (χ4n) is 3.08. The summed E-state index contributed by atoms with van der Waals surface area (Å²) in [6.45, 7) is 0.813. The van der Waals surface area contributed by atoms with Crippen LogP contribution in [0, 0.1) is 0 Å². The van der Waals surface area contributed by atoms with Crippen molar-refractivity contribution in [3.63, 3.8) is 0 Å².